The fourth-order valence-corrected chi connectivity index (χ4v) is 1.37. The maximum absolute atomic E-state index is 13.6. The third-order valence-corrected chi connectivity index (χ3v) is 2.30. The predicted octanol–water partition coefficient (Wildman–Crippen LogP) is 0.954. The van der Waals surface area contributed by atoms with Crippen LogP contribution >= 0.6 is 0 Å². The molecule has 0 aliphatic heterocycles. The first kappa shape index (κ1) is 14.9. The number of nitriles is 1. The molecule has 0 bridgehead atoms. The van der Waals surface area contributed by atoms with Crippen LogP contribution in [0.2, 0.25) is 0 Å². The summed E-state index contributed by atoms with van der Waals surface area (Å²) in [4.78, 5) is 11.2. The Bertz CT molecular complexity index is 471. The highest BCUT2D eigenvalue weighted by Gasteiger charge is 2.07. The summed E-state index contributed by atoms with van der Waals surface area (Å²) in [7, 11) is 0. The fraction of sp³-hybridized carbons (Fsp3) is 0.385. The normalized spacial score (nSPS) is 9.74. The summed E-state index contributed by atoms with van der Waals surface area (Å²) in [5.74, 6) is -0.950. The molecule has 19 heavy (non-hydrogen) atoms. The SMILES string of the molecule is CCNCc1ccc(OCC(=O)NCC#N)c(F)c1. The molecular formula is C13H16FN3O2. The highest BCUT2D eigenvalue weighted by atomic mass is 19.1. The molecule has 0 atom stereocenters. The highest BCUT2D eigenvalue weighted by Crippen LogP contribution is 2.18. The smallest absolute Gasteiger partial charge is 0.258 e. The van der Waals surface area contributed by atoms with Gasteiger partial charge in [-0.2, -0.15) is 5.26 Å². The van der Waals surface area contributed by atoms with Gasteiger partial charge < -0.3 is 15.4 Å². The second-order valence-corrected chi connectivity index (χ2v) is 3.77. The zero-order valence-electron chi connectivity index (χ0n) is 10.7. The summed E-state index contributed by atoms with van der Waals surface area (Å²) in [5.41, 5.74) is 0.806. The van der Waals surface area contributed by atoms with E-state index in [4.69, 9.17) is 10.00 Å². The average molecular weight is 265 g/mol. The molecule has 102 valence electrons. The molecule has 0 radical (unpaired) electrons. The van der Waals surface area contributed by atoms with Gasteiger partial charge in [-0.1, -0.05) is 13.0 Å². The number of ether oxygens (including phenoxy) is 1. The zero-order chi connectivity index (χ0) is 14.1. The van der Waals surface area contributed by atoms with Gasteiger partial charge in [0.1, 0.15) is 6.54 Å². The first-order valence-electron chi connectivity index (χ1n) is 5.93. The van der Waals surface area contributed by atoms with Crippen LogP contribution in [-0.2, 0) is 11.3 Å². The van der Waals surface area contributed by atoms with Gasteiger partial charge in [-0.15, -0.1) is 0 Å². The summed E-state index contributed by atoms with van der Waals surface area (Å²) in [5, 5.41) is 13.7. The van der Waals surface area contributed by atoms with Crippen molar-refractivity contribution in [3.05, 3.63) is 29.6 Å². The maximum atomic E-state index is 13.6. The first-order chi connectivity index (χ1) is 9.17. The molecule has 0 aliphatic carbocycles. The number of benzene rings is 1. The van der Waals surface area contributed by atoms with E-state index in [-0.39, 0.29) is 18.9 Å². The van der Waals surface area contributed by atoms with Crippen molar-refractivity contribution >= 4 is 5.91 Å². The van der Waals surface area contributed by atoms with Gasteiger partial charge in [-0.05, 0) is 24.2 Å². The molecule has 0 aromatic heterocycles. The van der Waals surface area contributed by atoms with Crippen molar-refractivity contribution in [2.75, 3.05) is 19.7 Å². The van der Waals surface area contributed by atoms with Crippen molar-refractivity contribution in [1.82, 2.24) is 10.6 Å². The quantitative estimate of drug-likeness (QED) is 0.720. The minimum absolute atomic E-state index is 0.0207. The molecule has 2 N–H and O–H groups in total. The standard InChI is InChI=1S/C13H16FN3O2/c1-2-16-8-10-3-4-12(11(14)7-10)19-9-13(18)17-6-5-15/h3-4,7,16H,2,6,8-9H2,1H3,(H,17,18). The second-order valence-electron chi connectivity index (χ2n) is 3.77. The van der Waals surface area contributed by atoms with Gasteiger partial charge in [0.05, 0.1) is 6.07 Å². The van der Waals surface area contributed by atoms with Gasteiger partial charge in [0.25, 0.3) is 5.91 Å². The Labute approximate surface area is 111 Å². The van der Waals surface area contributed by atoms with Crippen LogP contribution in [0.1, 0.15) is 12.5 Å². The Morgan fingerprint density at radius 2 is 2.32 bits per heavy atom. The first-order valence-corrected chi connectivity index (χ1v) is 5.93. The second kappa shape index (κ2) is 8.06. The van der Waals surface area contributed by atoms with Crippen molar-refractivity contribution in [2.45, 2.75) is 13.5 Å². The molecular weight excluding hydrogens is 249 g/mol. The van der Waals surface area contributed by atoms with Crippen molar-refractivity contribution in [3.8, 4) is 11.8 Å². The number of carbonyl (C=O) groups is 1. The maximum Gasteiger partial charge on any atom is 0.258 e. The van der Waals surface area contributed by atoms with Crippen LogP contribution in [0.5, 0.6) is 5.75 Å². The molecule has 1 rings (SSSR count). The van der Waals surface area contributed by atoms with Crippen molar-refractivity contribution < 1.29 is 13.9 Å². The van der Waals surface area contributed by atoms with E-state index in [1.54, 1.807) is 12.1 Å². The lowest BCUT2D eigenvalue weighted by Crippen LogP contribution is -2.29. The van der Waals surface area contributed by atoms with E-state index < -0.39 is 11.7 Å². The monoisotopic (exact) mass is 265 g/mol. The minimum atomic E-state index is -0.511. The number of rotatable bonds is 7. The molecule has 0 fully saturated rings. The molecule has 0 saturated carbocycles. The van der Waals surface area contributed by atoms with Crippen LogP contribution in [0.3, 0.4) is 0 Å². The van der Waals surface area contributed by atoms with Gasteiger partial charge in [0.2, 0.25) is 0 Å². The van der Waals surface area contributed by atoms with Crippen LogP contribution in [-0.4, -0.2) is 25.6 Å². The molecule has 6 heteroatoms. The van der Waals surface area contributed by atoms with Gasteiger partial charge in [-0.25, -0.2) is 4.39 Å². The lowest BCUT2D eigenvalue weighted by molar-refractivity contribution is -0.122. The topological polar surface area (TPSA) is 74.2 Å². The summed E-state index contributed by atoms with van der Waals surface area (Å²) in [6.07, 6.45) is 0. The molecule has 0 unspecified atom stereocenters. The molecule has 1 amide bonds. The van der Waals surface area contributed by atoms with E-state index in [1.807, 2.05) is 6.92 Å². The number of nitrogens with zero attached hydrogens (tertiary/aromatic N) is 1. The van der Waals surface area contributed by atoms with Gasteiger partial charge in [-0.3, -0.25) is 4.79 Å². The van der Waals surface area contributed by atoms with Crippen LogP contribution in [0.4, 0.5) is 4.39 Å². The Hall–Kier alpha value is -2.13. The minimum Gasteiger partial charge on any atom is -0.481 e. The van der Waals surface area contributed by atoms with Crippen LogP contribution in [0, 0.1) is 17.1 Å². The third-order valence-electron chi connectivity index (χ3n) is 2.30. The van der Waals surface area contributed by atoms with E-state index in [2.05, 4.69) is 10.6 Å². The molecule has 5 nitrogen and oxygen atoms in total. The Morgan fingerprint density at radius 3 is 2.95 bits per heavy atom. The molecule has 1 aromatic rings. The average Bonchev–Trinajstić information content (AvgIpc) is 2.41. The highest BCUT2D eigenvalue weighted by molar-refractivity contribution is 5.77. The Morgan fingerprint density at radius 1 is 1.53 bits per heavy atom. The summed E-state index contributed by atoms with van der Waals surface area (Å²) in [6.45, 7) is 2.94. The van der Waals surface area contributed by atoms with Gasteiger partial charge >= 0.3 is 0 Å². The Balaban J connectivity index is 2.50. The predicted molar refractivity (Wildman–Crippen MR) is 67.9 cm³/mol. The van der Waals surface area contributed by atoms with Gasteiger partial charge in [0, 0.05) is 6.54 Å². The molecule has 0 spiro atoms. The number of hydrogen-bond donors (Lipinski definition) is 2. The van der Waals surface area contributed by atoms with E-state index >= 15 is 0 Å². The lowest BCUT2D eigenvalue weighted by Gasteiger charge is -2.08. The van der Waals surface area contributed by atoms with Crippen LogP contribution in [0.15, 0.2) is 18.2 Å². The van der Waals surface area contributed by atoms with Crippen molar-refractivity contribution in [1.29, 1.82) is 5.26 Å². The van der Waals surface area contributed by atoms with Crippen molar-refractivity contribution in [3.63, 3.8) is 0 Å². The number of nitrogens with one attached hydrogen (secondary N) is 2. The van der Waals surface area contributed by atoms with Crippen LogP contribution < -0.4 is 15.4 Å². The van der Waals surface area contributed by atoms with Crippen LogP contribution in [0.25, 0.3) is 0 Å². The Kier molecular flexibility index (Phi) is 6.33. The molecule has 0 heterocycles. The van der Waals surface area contributed by atoms with E-state index in [9.17, 15) is 9.18 Å². The molecule has 0 aliphatic rings. The summed E-state index contributed by atoms with van der Waals surface area (Å²) in [6, 6.07) is 6.35. The number of hydrogen-bond acceptors (Lipinski definition) is 4. The number of carbonyl (C=O) groups excluding carboxylic acids is 1. The number of amides is 1. The van der Waals surface area contributed by atoms with E-state index in [0.717, 1.165) is 12.1 Å². The van der Waals surface area contributed by atoms with E-state index in [0.29, 0.717) is 6.54 Å². The third kappa shape index (κ3) is 5.36. The number of halogens is 1. The fourth-order valence-electron chi connectivity index (χ4n) is 1.37. The van der Waals surface area contributed by atoms with Crippen molar-refractivity contribution in [2.24, 2.45) is 0 Å². The summed E-state index contributed by atoms with van der Waals surface area (Å²) < 4.78 is 18.7. The van der Waals surface area contributed by atoms with Gasteiger partial charge in [0.15, 0.2) is 18.2 Å². The summed E-state index contributed by atoms with van der Waals surface area (Å²) >= 11 is 0. The lowest BCUT2D eigenvalue weighted by atomic mass is 10.2. The largest absolute Gasteiger partial charge is 0.481 e. The molecule has 0 saturated heterocycles. The molecule has 1 aromatic carbocycles. The zero-order valence-corrected chi connectivity index (χ0v) is 10.7. The van der Waals surface area contributed by atoms with E-state index in [1.165, 1.54) is 12.1 Å².